The van der Waals surface area contributed by atoms with Gasteiger partial charge in [-0.1, -0.05) is 11.6 Å². The van der Waals surface area contributed by atoms with E-state index in [0.717, 1.165) is 22.4 Å². The van der Waals surface area contributed by atoms with E-state index < -0.39 is 0 Å². The van der Waals surface area contributed by atoms with Crippen LogP contribution in [-0.2, 0) is 0 Å². The van der Waals surface area contributed by atoms with Gasteiger partial charge in [0.1, 0.15) is 11.6 Å². The van der Waals surface area contributed by atoms with Crippen LogP contribution in [-0.4, -0.2) is 14.5 Å². The van der Waals surface area contributed by atoms with Crippen LogP contribution in [0.5, 0.6) is 0 Å². The summed E-state index contributed by atoms with van der Waals surface area (Å²) >= 11 is 6.05. The van der Waals surface area contributed by atoms with Gasteiger partial charge in [0.05, 0.1) is 11.0 Å². The molecular formula is C15H15ClN4. The van der Waals surface area contributed by atoms with Crippen molar-refractivity contribution in [1.82, 2.24) is 14.5 Å². The number of hydrogen-bond acceptors (Lipinski definition) is 3. The molecule has 0 aliphatic heterocycles. The van der Waals surface area contributed by atoms with Gasteiger partial charge in [0.25, 0.3) is 0 Å². The smallest absolute Gasteiger partial charge is 0.142 e. The second-order valence-electron chi connectivity index (χ2n) is 5.00. The van der Waals surface area contributed by atoms with Crippen LogP contribution in [0, 0.1) is 0 Å². The van der Waals surface area contributed by atoms with Crippen molar-refractivity contribution in [3.8, 4) is 11.4 Å². The molecule has 2 heterocycles. The Kier molecular flexibility index (Phi) is 3.10. The van der Waals surface area contributed by atoms with Gasteiger partial charge >= 0.3 is 0 Å². The Morgan fingerprint density at radius 3 is 2.65 bits per heavy atom. The number of hydrogen-bond donors (Lipinski definition) is 1. The monoisotopic (exact) mass is 286 g/mol. The molecule has 0 saturated heterocycles. The van der Waals surface area contributed by atoms with Crippen LogP contribution >= 0.6 is 11.6 Å². The summed E-state index contributed by atoms with van der Waals surface area (Å²) in [5, 5.41) is 0.688. The van der Waals surface area contributed by atoms with E-state index in [1.165, 1.54) is 0 Å². The molecule has 1 aromatic carbocycles. The number of imidazole rings is 1. The fourth-order valence-electron chi connectivity index (χ4n) is 2.34. The molecule has 0 aliphatic rings. The van der Waals surface area contributed by atoms with Gasteiger partial charge in [-0.3, -0.25) is 0 Å². The summed E-state index contributed by atoms with van der Waals surface area (Å²) < 4.78 is 2.18. The summed E-state index contributed by atoms with van der Waals surface area (Å²) in [6.07, 6.45) is 1.75. The van der Waals surface area contributed by atoms with Crippen LogP contribution in [0.3, 0.4) is 0 Å². The number of rotatable bonds is 2. The van der Waals surface area contributed by atoms with Gasteiger partial charge in [-0.15, -0.1) is 0 Å². The molecule has 0 radical (unpaired) electrons. The maximum absolute atomic E-state index is 6.05. The van der Waals surface area contributed by atoms with E-state index in [2.05, 4.69) is 23.4 Å². The molecule has 0 fully saturated rings. The lowest BCUT2D eigenvalue weighted by Crippen LogP contribution is -2.03. The number of halogens is 1. The van der Waals surface area contributed by atoms with Gasteiger partial charge in [-0.05, 0) is 44.2 Å². The van der Waals surface area contributed by atoms with Gasteiger partial charge < -0.3 is 10.3 Å². The Balaban J connectivity index is 2.28. The fraction of sp³-hybridized carbons (Fsp3) is 0.200. The fourth-order valence-corrected chi connectivity index (χ4v) is 2.50. The van der Waals surface area contributed by atoms with E-state index in [-0.39, 0.29) is 6.04 Å². The molecule has 102 valence electrons. The lowest BCUT2D eigenvalue weighted by Gasteiger charge is -2.13. The molecule has 0 aliphatic carbocycles. The average Bonchev–Trinajstić information content (AvgIpc) is 2.77. The highest BCUT2D eigenvalue weighted by Crippen LogP contribution is 2.29. The van der Waals surface area contributed by atoms with Gasteiger partial charge in [0.15, 0.2) is 0 Å². The van der Waals surface area contributed by atoms with Crippen molar-refractivity contribution < 1.29 is 0 Å². The number of nitrogens with zero attached hydrogens (tertiary/aromatic N) is 3. The van der Waals surface area contributed by atoms with E-state index >= 15 is 0 Å². The first kappa shape index (κ1) is 12.9. The highest BCUT2D eigenvalue weighted by atomic mass is 35.5. The topological polar surface area (TPSA) is 56.7 Å². The number of nitrogens with two attached hydrogens (primary N) is 1. The third-order valence-corrected chi connectivity index (χ3v) is 3.45. The third kappa shape index (κ3) is 2.12. The first-order valence-electron chi connectivity index (χ1n) is 6.45. The lowest BCUT2D eigenvalue weighted by atomic mass is 10.2. The molecular weight excluding hydrogens is 272 g/mol. The minimum atomic E-state index is 0.286. The predicted molar refractivity (Wildman–Crippen MR) is 82.8 cm³/mol. The number of fused-ring (bicyclic) bond motifs is 1. The largest absolute Gasteiger partial charge is 0.384 e. The van der Waals surface area contributed by atoms with Crippen LogP contribution in [0.1, 0.15) is 19.9 Å². The molecule has 4 nitrogen and oxygen atoms in total. The third-order valence-electron chi connectivity index (χ3n) is 3.21. The SMILES string of the molecule is CC(C)n1c(-c2ccc(N)nc2)nc2cc(Cl)ccc21. The Morgan fingerprint density at radius 1 is 1.20 bits per heavy atom. The van der Waals surface area contributed by atoms with Crippen molar-refractivity contribution in [3.05, 3.63) is 41.6 Å². The Hall–Kier alpha value is -2.07. The van der Waals surface area contributed by atoms with E-state index in [1.54, 1.807) is 12.3 Å². The Morgan fingerprint density at radius 2 is 2.00 bits per heavy atom. The van der Waals surface area contributed by atoms with Gasteiger partial charge in [0.2, 0.25) is 0 Å². The molecule has 0 atom stereocenters. The number of anilines is 1. The summed E-state index contributed by atoms with van der Waals surface area (Å²) in [6, 6.07) is 9.77. The summed E-state index contributed by atoms with van der Waals surface area (Å²) in [6.45, 7) is 4.26. The molecule has 0 spiro atoms. The number of aromatic nitrogens is 3. The second-order valence-corrected chi connectivity index (χ2v) is 5.44. The van der Waals surface area contributed by atoms with Gasteiger partial charge in [-0.25, -0.2) is 9.97 Å². The summed E-state index contributed by atoms with van der Waals surface area (Å²) in [5.41, 5.74) is 8.54. The highest BCUT2D eigenvalue weighted by Gasteiger charge is 2.15. The minimum Gasteiger partial charge on any atom is -0.384 e. The summed E-state index contributed by atoms with van der Waals surface area (Å²) in [4.78, 5) is 8.83. The number of nitrogen functional groups attached to an aromatic ring is 1. The molecule has 3 aromatic rings. The van der Waals surface area contributed by atoms with Crippen molar-refractivity contribution in [2.45, 2.75) is 19.9 Å². The molecule has 2 aromatic heterocycles. The molecule has 0 bridgehead atoms. The van der Waals surface area contributed by atoms with Crippen LogP contribution in [0.2, 0.25) is 5.02 Å². The Bertz CT molecular complexity index is 759. The Labute approximate surface area is 122 Å². The van der Waals surface area contributed by atoms with Gasteiger partial charge in [-0.2, -0.15) is 0 Å². The quantitative estimate of drug-likeness (QED) is 0.777. The molecule has 5 heteroatoms. The molecule has 0 saturated carbocycles. The van der Waals surface area contributed by atoms with Crippen LogP contribution in [0.15, 0.2) is 36.5 Å². The van der Waals surface area contributed by atoms with Crippen LogP contribution in [0.4, 0.5) is 5.82 Å². The van der Waals surface area contributed by atoms with Gasteiger partial charge in [0, 0.05) is 22.8 Å². The van der Waals surface area contributed by atoms with E-state index in [0.29, 0.717) is 10.8 Å². The van der Waals surface area contributed by atoms with Crippen molar-refractivity contribution in [1.29, 1.82) is 0 Å². The normalized spacial score (nSPS) is 11.4. The average molecular weight is 287 g/mol. The van der Waals surface area contributed by atoms with Crippen molar-refractivity contribution in [3.63, 3.8) is 0 Å². The lowest BCUT2D eigenvalue weighted by molar-refractivity contribution is 0.624. The van der Waals surface area contributed by atoms with Crippen molar-refractivity contribution in [2.24, 2.45) is 0 Å². The van der Waals surface area contributed by atoms with Crippen LogP contribution in [0.25, 0.3) is 22.4 Å². The van der Waals surface area contributed by atoms with Crippen LogP contribution < -0.4 is 5.73 Å². The van der Waals surface area contributed by atoms with Crippen molar-refractivity contribution >= 4 is 28.5 Å². The highest BCUT2D eigenvalue weighted by molar-refractivity contribution is 6.31. The van der Waals surface area contributed by atoms with Crippen molar-refractivity contribution in [2.75, 3.05) is 5.73 Å². The molecule has 20 heavy (non-hydrogen) atoms. The zero-order valence-electron chi connectivity index (χ0n) is 11.3. The van der Waals surface area contributed by atoms with E-state index in [1.807, 2.05) is 24.3 Å². The zero-order valence-corrected chi connectivity index (χ0v) is 12.1. The first-order valence-corrected chi connectivity index (χ1v) is 6.83. The molecule has 3 rings (SSSR count). The number of pyridine rings is 1. The predicted octanol–water partition coefficient (Wildman–Crippen LogP) is 3.91. The summed E-state index contributed by atoms with van der Waals surface area (Å²) in [5.74, 6) is 1.38. The molecule has 2 N–H and O–H groups in total. The summed E-state index contributed by atoms with van der Waals surface area (Å²) in [7, 11) is 0. The minimum absolute atomic E-state index is 0.286. The first-order chi connectivity index (χ1) is 9.56. The maximum Gasteiger partial charge on any atom is 0.142 e. The van der Waals surface area contributed by atoms with E-state index in [4.69, 9.17) is 22.3 Å². The standard InChI is InChI=1S/C15H15ClN4/c1-9(2)20-13-5-4-11(16)7-12(13)19-15(20)10-3-6-14(17)18-8-10/h3-9H,1-2H3,(H2,17,18). The second kappa shape index (κ2) is 4.80. The maximum atomic E-state index is 6.05. The van der Waals surface area contributed by atoms with E-state index in [9.17, 15) is 0 Å². The molecule has 0 unspecified atom stereocenters. The zero-order chi connectivity index (χ0) is 14.3. The molecule has 0 amide bonds. The number of benzene rings is 1.